The summed E-state index contributed by atoms with van der Waals surface area (Å²) < 4.78 is 106. The summed E-state index contributed by atoms with van der Waals surface area (Å²) in [5.41, 5.74) is 69.3. The van der Waals surface area contributed by atoms with E-state index in [1.54, 1.807) is 0 Å². The molecule has 0 fully saturated rings. The zero-order chi connectivity index (χ0) is 77.5. The number of aliphatic imine (C=N–C) groups is 6. The van der Waals surface area contributed by atoms with Gasteiger partial charge in [-0.1, -0.05) is 0 Å². The van der Waals surface area contributed by atoms with Crippen molar-refractivity contribution in [3.8, 4) is 34.5 Å². The van der Waals surface area contributed by atoms with Crippen molar-refractivity contribution in [3.05, 3.63) is 83.9 Å². The van der Waals surface area contributed by atoms with E-state index in [2.05, 4.69) is 50.8 Å². The maximum absolute atomic E-state index is 6.34. The van der Waals surface area contributed by atoms with Crippen LogP contribution in [0.15, 0.2) is 113 Å². The van der Waals surface area contributed by atoms with Crippen molar-refractivity contribution in [2.75, 3.05) is 248 Å². The molecule has 4 aromatic rings. The first-order chi connectivity index (χ1) is 52.6. The van der Waals surface area contributed by atoms with Gasteiger partial charge in [0.25, 0.3) is 0 Å². The van der Waals surface area contributed by atoms with Crippen LogP contribution in [0, 0.1) is 0 Å². The van der Waals surface area contributed by atoms with Gasteiger partial charge >= 0.3 is 0 Å². The summed E-state index contributed by atoms with van der Waals surface area (Å²) in [6, 6.07) is 22.6. The van der Waals surface area contributed by atoms with Gasteiger partial charge in [0.1, 0.15) is 39.6 Å². The smallest absolute Gasteiger partial charge is 0.203 e. The van der Waals surface area contributed by atoms with Gasteiger partial charge in [-0.05, 0) is 83.9 Å². The first-order valence-electron chi connectivity index (χ1n) is 35.1. The second kappa shape index (κ2) is 60.1. The molecule has 0 unspecified atom stereocenters. The lowest BCUT2D eigenvalue weighted by molar-refractivity contribution is 0.0332. The van der Waals surface area contributed by atoms with Gasteiger partial charge in [0.15, 0.2) is 58.8 Å². The molecule has 0 heterocycles. The molecule has 0 amide bonds. The number of hydrogen-bond donors (Lipinski definition) is 14. The Morgan fingerprint density at radius 1 is 0.231 bits per heavy atom. The van der Waals surface area contributed by atoms with Gasteiger partial charge in [-0.25, -0.2) is 0 Å². The van der Waals surface area contributed by atoms with E-state index in [0.29, 0.717) is 217 Å². The van der Waals surface area contributed by atoms with Gasteiger partial charge in [-0.3, -0.25) is 30.0 Å². The molecule has 4 rings (SSSR count). The number of hydrogen-bond acceptors (Lipinski definition) is 28. The number of guanidine groups is 6. The van der Waals surface area contributed by atoms with Crippen LogP contribution in [-0.4, -0.2) is 273 Å². The van der Waals surface area contributed by atoms with Gasteiger partial charge in [0, 0.05) is 24.5 Å². The Bertz CT molecular complexity index is 2890. The van der Waals surface area contributed by atoms with Gasteiger partial charge in [-0.15, -0.1) is 0 Å². The normalized spacial score (nSPS) is 11.0. The quantitative estimate of drug-likeness (QED) is 0.0114. The molecule has 0 aliphatic rings. The Morgan fingerprint density at radius 3 is 0.620 bits per heavy atom. The average Bonchev–Trinajstić information content (AvgIpc) is 0.829. The van der Waals surface area contributed by atoms with Crippen LogP contribution in [0.25, 0.3) is 0 Å². The fraction of sp³-hybridized carbons (Fsp3) is 0.559. The molecule has 0 spiro atoms. The van der Waals surface area contributed by atoms with Crippen LogP contribution in [0.2, 0.25) is 0 Å². The highest BCUT2D eigenvalue weighted by atomic mass is 16.6. The van der Waals surface area contributed by atoms with Crippen LogP contribution >= 0.6 is 0 Å². The Hall–Kier alpha value is -9.98. The number of azo groups is 1. The van der Waals surface area contributed by atoms with Crippen molar-refractivity contribution in [3.63, 3.8) is 0 Å². The molecule has 26 N–H and O–H groups in total. The molecule has 0 saturated carbocycles. The molecular weight excluding hydrogens is 1410 g/mol. The molecule has 0 aromatic heterocycles. The monoisotopic (exact) mass is 1530 g/mol. The van der Waals surface area contributed by atoms with E-state index >= 15 is 0 Å². The first-order valence-corrected chi connectivity index (χ1v) is 35.1. The van der Waals surface area contributed by atoms with Gasteiger partial charge in [0.2, 0.25) is 11.5 Å². The Balaban J connectivity index is 1.46. The summed E-state index contributed by atoms with van der Waals surface area (Å²) in [6.07, 6.45) is 0. The standard InChI is InChI=1S/C68H114N22O18/c69-63(70)81-9-15-91-21-27-97-33-39-103-57-45-51(46-58(104-40-34-98-28-22-92-16-10-82-64(71)72)61(57)107-43-37-101-31-25-95-19-13-85-67(77)78)49-87-53-1-5-55(6-2-53)89-90-56-7-3-54(4-8-56)88-50-52-47-59(105-41-35-99-29-23-93-17-11-83-65(73)74)62(108-44-38-102-32-26-96-20-14-86-68(79)80)60(48-52)106-42-36-100-30-24-94-18-12-84-66(75)76/h1-8,45-48,87-88H,9-44,49-50H2,(H4,69,70,81)(H4,71,72,82)(H4,73,74,83)(H4,75,76,84)(H4,77,78,85)(H4,79,80,86). The van der Waals surface area contributed by atoms with E-state index in [1.165, 1.54) is 0 Å². The summed E-state index contributed by atoms with van der Waals surface area (Å²) in [6.45, 7) is 11.2. The molecular formula is C68H114N22O18. The van der Waals surface area contributed by atoms with Crippen molar-refractivity contribution >= 4 is 58.5 Å². The van der Waals surface area contributed by atoms with Crippen molar-refractivity contribution in [1.82, 2.24) is 0 Å². The molecule has 0 bridgehead atoms. The lowest BCUT2D eigenvalue weighted by atomic mass is 10.1. The van der Waals surface area contributed by atoms with Crippen molar-refractivity contribution in [2.45, 2.75) is 13.1 Å². The summed E-state index contributed by atoms with van der Waals surface area (Å²) in [5, 5.41) is 16.0. The highest BCUT2D eigenvalue weighted by molar-refractivity contribution is 5.77. The Labute approximate surface area is 630 Å². The molecule has 604 valence electrons. The second-order valence-corrected chi connectivity index (χ2v) is 22.1. The zero-order valence-electron chi connectivity index (χ0n) is 61.7. The lowest BCUT2D eigenvalue weighted by Gasteiger charge is -2.19. The fourth-order valence-corrected chi connectivity index (χ4v) is 8.61. The third-order valence-electron chi connectivity index (χ3n) is 13.5. The van der Waals surface area contributed by atoms with E-state index in [1.807, 2.05) is 72.8 Å². The number of ether oxygens (including phenoxy) is 18. The minimum Gasteiger partial charge on any atom is -0.487 e. The predicted molar refractivity (Wildman–Crippen MR) is 411 cm³/mol. The van der Waals surface area contributed by atoms with Gasteiger partial charge in [-0.2, -0.15) is 10.2 Å². The SMILES string of the molecule is NC(N)=NCCOCCOCCOc1cc(CNc2ccc(N=Nc3ccc(NCc4cc(OCCOCCOCCN=C(N)N)c(OCCOCCOCCN=C(N)N)c(OCCOCCOCCN=C(N)N)c4)cc3)cc2)cc(OCCOCCOCCN=C(N)N)c1OCCOCCOCCN=C(N)N. The van der Waals surface area contributed by atoms with E-state index in [-0.39, 0.29) is 115 Å². The topological polar surface area (TPSA) is 601 Å². The minimum atomic E-state index is -0.00207. The average molecular weight is 1530 g/mol. The Morgan fingerprint density at radius 2 is 0.417 bits per heavy atom. The van der Waals surface area contributed by atoms with E-state index in [9.17, 15) is 0 Å². The molecule has 108 heavy (non-hydrogen) atoms. The van der Waals surface area contributed by atoms with Crippen LogP contribution in [-0.2, 0) is 69.9 Å². The number of anilines is 2. The number of nitrogens with one attached hydrogen (secondary N) is 2. The molecule has 4 aromatic carbocycles. The molecule has 40 nitrogen and oxygen atoms in total. The lowest BCUT2D eigenvalue weighted by Crippen LogP contribution is -2.23. The van der Waals surface area contributed by atoms with Crippen molar-refractivity contribution in [2.24, 2.45) is 109 Å². The first kappa shape index (κ1) is 90.4. The summed E-state index contributed by atoms with van der Waals surface area (Å²) >= 11 is 0. The third-order valence-corrected chi connectivity index (χ3v) is 13.5. The maximum Gasteiger partial charge on any atom is 0.203 e. The second-order valence-electron chi connectivity index (χ2n) is 22.1. The minimum absolute atomic E-state index is 0.00189. The van der Waals surface area contributed by atoms with Gasteiger partial charge in [0.05, 0.1) is 209 Å². The molecule has 0 saturated heterocycles. The molecule has 0 radical (unpaired) electrons. The predicted octanol–water partition coefficient (Wildman–Crippen LogP) is -0.561. The van der Waals surface area contributed by atoms with Crippen molar-refractivity contribution in [1.29, 1.82) is 0 Å². The van der Waals surface area contributed by atoms with Crippen LogP contribution < -0.4 is 108 Å². The maximum atomic E-state index is 6.34. The van der Waals surface area contributed by atoms with Crippen LogP contribution in [0.3, 0.4) is 0 Å². The third kappa shape index (κ3) is 47.6. The highest BCUT2D eigenvalue weighted by Gasteiger charge is 2.19. The number of nitrogens with two attached hydrogens (primary N) is 12. The largest absolute Gasteiger partial charge is 0.487 e. The fourth-order valence-electron chi connectivity index (χ4n) is 8.61. The molecule has 0 aliphatic heterocycles. The van der Waals surface area contributed by atoms with Gasteiger partial charge < -0.3 is 165 Å². The Kier molecular flexibility index (Phi) is 50.3. The van der Waals surface area contributed by atoms with Crippen molar-refractivity contribution < 1.29 is 85.3 Å². The summed E-state index contributed by atoms with van der Waals surface area (Å²) in [4.78, 5) is 23.5. The van der Waals surface area contributed by atoms with Crippen LogP contribution in [0.5, 0.6) is 34.5 Å². The summed E-state index contributed by atoms with van der Waals surface area (Å²) in [7, 11) is 0. The highest BCUT2D eigenvalue weighted by Crippen LogP contribution is 2.41. The zero-order valence-corrected chi connectivity index (χ0v) is 61.7. The van der Waals surface area contributed by atoms with E-state index < -0.39 is 0 Å². The summed E-state index contributed by atoms with van der Waals surface area (Å²) in [5.74, 6) is 2.37. The van der Waals surface area contributed by atoms with Crippen LogP contribution in [0.4, 0.5) is 22.7 Å². The number of benzene rings is 4. The van der Waals surface area contributed by atoms with E-state index in [0.717, 1.165) is 22.5 Å². The molecule has 0 aliphatic carbocycles. The molecule has 40 heteroatoms. The van der Waals surface area contributed by atoms with E-state index in [4.69, 9.17) is 154 Å². The molecule has 0 atom stereocenters. The van der Waals surface area contributed by atoms with Crippen LogP contribution in [0.1, 0.15) is 11.1 Å². The number of nitrogens with zero attached hydrogens (tertiary/aromatic N) is 8. The number of rotatable bonds is 68.